The summed E-state index contributed by atoms with van der Waals surface area (Å²) in [5, 5.41) is 4.19. The molecule has 29 heavy (non-hydrogen) atoms. The lowest BCUT2D eigenvalue weighted by Gasteiger charge is -2.13. The fourth-order valence-corrected chi connectivity index (χ4v) is 2.78. The number of methoxy groups -OCH3 is 1. The minimum Gasteiger partial charge on any atom is -0.465 e. The first-order chi connectivity index (χ1) is 14.2. The number of anilines is 3. The highest BCUT2D eigenvalue weighted by Gasteiger charge is 2.13. The molecule has 3 N–H and O–H groups in total. The second-order valence-corrected chi connectivity index (χ2v) is 6.06. The van der Waals surface area contributed by atoms with Crippen LogP contribution in [0.4, 0.5) is 17.2 Å². The van der Waals surface area contributed by atoms with Gasteiger partial charge in [0.25, 0.3) is 0 Å². The molecule has 4 aromatic rings. The Labute approximate surface area is 166 Å². The van der Waals surface area contributed by atoms with Gasteiger partial charge in [-0.2, -0.15) is 4.98 Å². The molecule has 0 saturated heterocycles. The van der Waals surface area contributed by atoms with Gasteiger partial charge in [-0.15, -0.1) is 0 Å². The molecule has 0 atom stereocenters. The number of para-hydroxylation sites is 1. The van der Waals surface area contributed by atoms with Crippen molar-refractivity contribution >= 4 is 34.1 Å². The first kappa shape index (κ1) is 18.2. The van der Waals surface area contributed by atoms with E-state index in [1.807, 2.05) is 30.3 Å². The van der Waals surface area contributed by atoms with Gasteiger partial charge in [0.15, 0.2) is 5.82 Å². The number of aromatic nitrogens is 3. The van der Waals surface area contributed by atoms with Gasteiger partial charge in [-0.25, -0.2) is 9.78 Å². The number of pyridine rings is 1. The summed E-state index contributed by atoms with van der Waals surface area (Å²) < 4.78 is 10.4. The number of hydrogen-bond donors (Lipinski definition) is 2. The fourth-order valence-electron chi connectivity index (χ4n) is 2.78. The van der Waals surface area contributed by atoms with Crippen LogP contribution in [0.15, 0.2) is 67.1 Å². The summed E-state index contributed by atoms with van der Waals surface area (Å²) in [7, 11) is 1.33. The number of fused-ring (bicyclic) bond motifs is 1. The van der Waals surface area contributed by atoms with E-state index in [-0.39, 0.29) is 11.6 Å². The normalized spacial score (nSPS) is 10.5. The Morgan fingerprint density at radius 3 is 2.59 bits per heavy atom. The Balaban J connectivity index is 1.60. The number of benzene rings is 2. The summed E-state index contributed by atoms with van der Waals surface area (Å²) in [6.45, 7) is 0. The molecule has 8 heteroatoms. The van der Waals surface area contributed by atoms with Gasteiger partial charge in [-0.1, -0.05) is 18.2 Å². The van der Waals surface area contributed by atoms with Crippen molar-refractivity contribution in [2.45, 2.75) is 0 Å². The van der Waals surface area contributed by atoms with Crippen molar-refractivity contribution in [2.24, 2.45) is 0 Å². The van der Waals surface area contributed by atoms with E-state index < -0.39 is 5.97 Å². The van der Waals surface area contributed by atoms with Crippen molar-refractivity contribution in [3.8, 4) is 11.6 Å². The Bertz CT molecular complexity index is 1170. The van der Waals surface area contributed by atoms with Crippen LogP contribution in [0.2, 0.25) is 0 Å². The first-order valence-corrected chi connectivity index (χ1v) is 8.73. The maximum Gasteiger partial charge on any atom is 0.337 e. The largest absolute Gasteiger partial charge is 0.465 e. The van der Waals surface area contributed by atoms with Gasteiger partial charge in [-0.3, -0.25) is 4.98 Å². The predicted molar refractivity (Wildman–Crippen MR) is 109 cm³/mol. The molecular formula is C21H17N5O3. The number of esters is 1. The number of nitrogens with two attached hydrogens (primary N) is 1. The second-order valence-electron chi connectivity index (χ2n) is 6.06. The third kappa shape index (κ3) is 3.77. The summed E-state index contributed by atoms with van der Waals surface area (Å²) in [6.07, 6.45) is 3.08. The molecule has 0 saturated carbocycles. The van der Waals surface area contributed by atoms with E-state index in [1.54, 1.807) is 30.5 Å². The lowest BCUT2D eigenvalue weighted by Crippen LogP contribution is -2.04. The van der Waals surface area contributed by atoms with E-state index in [4.69, 9.17) is 10.5 Å². The Morgan fingerprint density at radius 2 is 1.79 bits per heavy atom. The van der Waals surface area contributed by atoms with Gasteiger partial charge in [0.05, 0.1) is 23.9 Å². The highest BCUT2D eigenvalue weighted by atomic mass is 16.5. The predicted octanol–water partition coefficient (Wildman–Crippen LogP) is 3.93. The fraction of sp³-hybridized carbons (Fsp3) is 0.0476. The van der Waals surface area contributed by atoms with Crippen LogP contribution in [0.3, 0.4) is 0 Å². The second kappa shape index (κ2) is 7.81. The number of rotatable bonds is 5. The van der Waals surface area contributed by atoms with E-state index in [0.717, 1.165) is 16.6 Å². The summed E-state index contributed by atoms with van der Waals surface area (Å²) in [6, 6.07) is 16.1. The zero-order chi connectivity index (χ0) is 20.2. The Hall–Kier alpha value is -4.20. The third-order valence-electron chi connectivity index (χ3n) is 4.22. The molecule has 0 amide bonds. The Kier molecular flexibility index (Phi) is 4.90. The zero-order valence-corrected chi connectivity index (χ0v) is 15.5. The highest BCUT2D eigenvalue weighted by Crippen LogP contribution is 2.32. The minimum atomic E-state index is -0.423. The number of ether oxygens (including phenoxy) is 2. The van der Waals surface area contributed by atoms with Crippen LogP contribution in [-0.4, -0.2) is 28.0 Å². The van der Waals surface area contributed by atoms with Crippen molar-refractivity contribution in [3.63, 3.8) is 0 Å². The highest BCUT2D eigenvalue weighted by molar-refractivity contribution is 5.93. The monoisotopic (exact) mass is 387 g/mol. The minimum absolute atomic E-state index is 0.196. The van der Waals surface area contributed by atoms with E-state index in [1.165, 1.54) is 13.4 Å². The van der Waals surface area contributed by atoms with Gasteiger partial charge in [0, 0.05) is 11.6 Å². The maximum atomic E-state index is 11.5. The van der Waals surface area contributed by atoms with Gasteiger partial charge >= 0.3 is 5.97 Å². The third-order valence-corrected chi connectivity index (χ3v) is 4.22. The van der Waals surface area contributed by atoms with Crippen molar-refractivity contribution < 1.29 is 14.3 Å². The average molecular weight is 387 g/mol. The van der Waals surface area contributed by atoms with E-state index in [0.29, 0.717) is 17.1 Å². The Morgan fingerprint density at radius 1 is 1.00 bits per heavy atom. The molecular weight excluding hydrogens is 370 g/mol. The molecule has 2 heterocycles. The van der Waals surface area contributed by atoms with E-state index in [9.17, 15) is 4.79 Å². The smallest absolute Gasteiger partial charge is 0.337 e. The van der Waals surface area contributed by atoms with E-state index in [2.05, 4.69) is 25.0 Å². The summed E-state index contributed by atoms with van der Waals surface area (Å²) >= 11 is 0. The lowest BCUT2D eigenvalue weighted by atomic mass is 10.2. The lowest BCUT2D eigenvalue weighted by molar-refractivity contribution is 0.0600. The van der Waals surface area contributed by atoms with Crippen LogP contribution in [0, 0.1) is 0 Å². The molecule has 0 spiro atoms. The van der Waals surface area contributed by atoms with Crippen molar-refractivity contribution in [1.82, 2.24) is 15.0 Å². The molecule has 0 unspecified atom stereocenters. The van der Waals surface area contributed by atoms with Crippen molar-refractivity contribution in [2.75, 3.05) is 18.2 Å². The molecule has 0 fully saturated rings. The number of carbonyl (C=O) groups is 1. The number of hydrogen-bond acceptors (Lipinski definition) is 8. The molecule has 2 aromatic carbocycles. The van der Waals surface area contributed by atoms with E-state index >= 15 is 0 Å². The van der Waals surface area contributed by atoms with Crippen molar-refractivity contribution in [3.05, 3.63) is 72.7 Å². The SMILES string of the molecule is COC(=O)c1ccc(Oc2ncnc(Nc3cccc4cccnc34)c2N)cc1. The quantitative estimate of drug-likeness (QED) is 0.495. The summed E-state index contributed by atoms with van der Waals surface area (Å²) in [4.78, 5) is 24.3. The van der Waals surface area contributed by atoms with Crippen LogP contribution < -0.4 is 15.8 Å². The molecule has 0 bridgehead atoms. The van der Waals surface area contributed by atoms with Crippen LogP contribution in [0.5, 0.6) is 11.6 Å². The molecule has 8 nitrogen and oxygen atoms in total. The molecule has 0 aliphatic rings. The van der Waals surface area contributed by atoms with Crippen LogP contribution in [0.1, 0.15) is 10.4 Å². The number of nitrogens with one attached hydrogen (secondary N) is 1. The zero-order valence-electron chi connectivity index (χ0n) is 15.5. The van der Waals surface area contributed by atoms with Crippen molar-refractivity contribution in [1.29, 1.82) is 0 Å². The molecule has 144 valence electrons. The average Bonchev–Trinajstić information content (AvgIpc) is 2.77. The van der Waals surface area contributed by atoms with Gasteiger partial charge in [0.1, 0.15) is 17.8 Å². The molecule has 2 aromatic heterocycles. The standard InChI is InChI=1S/C21H17N5O3/c1-28-21(27)14-7-9-15(10-8-14)29-20-17(22)19(24-12-25-20)26-16-6-2-4-13-5-3-11-23-18(13)16/h2-12H,22H2,1H3,(H,24,25,26). The molecule has 4 rings (SSSR count). The van der Waals surface area contributed by atoms with Gasteiger partial charge in [-0.05, 0) is 36.4 Å². The summed E-state index contributed by atoms with van der Waals surface area (Å²) in [5.74, 6) is 0.648. The first-order valence-electron chi connectivity index (χ1n) is 8.73. The molecule has 0 radical (unpaired) electrons. The number of nitrogen functional groups attached to an aromatic ring is 1. The molecule has 0 aliphatic carbocycles. The van der Waals surface area contributed by atoms with Crippen LogP contribution in [0.25, 0.3) is 10.9 Å². The molecule has 0 aliphatic heterocycles. The number of carbonyl (C=O) groups excluding carboxylic acids is 1. The summed E-state index contributed by atoms with van der Waals surface area (Å²) in [5.41, 5.74) is 8.45. The van der Waals surface area contributed by atoms with Gasteiger partial charge in [0.2, 0.25) is 5.88 Å². The number of nitrogens with zero attached hydrogens (tertiary/aromatic N) is 3. The topological polar surface area (TPSA) is 112 Å². The maximum absolute atomic E-state index is 11.5. The van der Waals surface area contributed by atoms with Gasteiger partial charge < -0.3 is 20.5 Å². The van der Waals surface area contributed by atoms with Crippen LogP contribution in [-0.2, 0) is 4.74 Å². The van der Waals surface area contributed by atoms with Crippen LogP contribution >= 0.6 is 0 Å².